The van der Waals surface area contributed by atoms with E-state index in [-0.39, 0.29) is 30.9 Å². The van der Waals surface area contributed by atoms with E-state index in [1.54, 1.807) is 6.20 Å². The molecule has 8 nitrogen and oxygen atoms in total. The SMILES string of the molecule is CCN(CC1CCC(CC(=O)O)CC1)c1ncc(C2CCC2)nc1CN1C(=O)O[C@H](c2cc(C(F)(F)F)cc(C(F)(F)F)c2)[C@@H]1C. The number of ether oxygens (including phenoxy) is 1. The number of carboxylic acids is 1. The van der Waals surface area contributed by atoms with Crippen molar-refractivity contribution in [2.75, 3.05) is 18.0 Å². The van der Waals surface area contributed by atoms with E-state index in [2.05, 4.69) is 4.90 Å². The Balaban J connectivity index is 1.40. The third-order valence-electron chi connectivity index (χ3n) is 9.60. The molecule has 2 saturated carbocycles. The molecule has 1 saturated heterocycles. The lowest BCUT2D eigenvalue weighted by Crippen LogP contribution is -2.36. The topological polar surface area (TPSA) is 95.9 Å². The van der Waals surface area contributed by atoms with E-state index < -0.39 is 53.3 Å². The van der Waals surface area contributed by atoms with Crippen molar-refractivity contribution in [1.29, 1.82) is 0 Å². The highest BCUT2D eigenvalue weighted by molar-refractivity contribution is 5.71. The van der Waals surface area contributed by atoms with E-state index in [0.717, 1.165) is 50.6 Å². The molecule has 1 N–H and O–H groups in total. The molecule has 0 spiro atoms. The maximum atomic E-state index is 13.6. The van der Waals surface area contributed by atoms with Crippen LogP contribution >= 0.6 is 0 Å². The molecule has 2 aromatic rings. The summed E-state index contributed by atoms with van der Waals surface area (Å²) in [5, 5.41) is 9.15. The number of benzene rings is 1. The van der Waals surface area contributed by atoms with Gasteiger partial charge in [-0.15, -0.1) is 0 Å². The Morgan fingerprint density at radius 1 is 1.00 bits per heavy atom. The molecule has 1 aliphatic heterocycles. The summed E-state index contributed by atoms with van der Waals surface area (Å²) in [6.45, 7) is 4.63. The molecule has 46 heavy (non-hydrogen) atoms. The predicted octanol–water partition coefficient (Wildman–Crippen LogP) is 7.97. The Kier molecular flexibility index (Phi) is 9.74. The van der Waals surface area contributed by atoms with Crippen molar-refractivity contribution >= 4 is 17.9 Å². The maximum Gasteiger partial charge on any atom is 0.416 e. The number of cyclic esters (lactones) is 1. The Bertz CT molecular complexity index is 1390. The number of carbonyl (C=O) groups excluding carboxylic acids is 1. The molecule has 0 unspecified atom stereocenters. The second kappa shape index (κ2) is 13.3. The van der Waals surface area contributed by atoms with Gasteiger partial charge in [0.05, 0.1) is 35.6 Å². The first kappa shape index (κ1) is 33.8. The first-order valence-electron chi connectivity index (χ1n) is 15.7. The number of anilines is 1. The second-order valence-corrected chi connectivity index (χ2v) is 12.7. The average molecular weight is 657 g/mol. The molecular formula is C32H38F6N4O4. The molecule has 5 rings (SSSR count). The maximum absolute atomic E-state index is 13.6. The molecule has 3 fully saturated rings. The van der Waals surface area contributed by atoms with Crippen molar-refractivity contribution in [3.63, 3.8) is 0 Å². The van der Waals surface area contributed by atoms with Crippen LogP contribution in [-0.4, -0.2) is 51.2 Å². The molecule has 0 radical (unpaired) electrons. The Morgan fingerprint density at radius 3 is 2.13 bits per heavy atom. The number of carbonyl (C=O) groups is 2. The summed E-state index contributed by atoms with van der Waals surface area (Å²) in [6.07, 6.45) is -4.08. The number of rotatable bonds is 10. The van der Waals surface area contributed by atoms with Gasteiger partial charge >= 0.3 is 24.4 Å². The molecule has 2 atom stereocenters. The van der Waals surface area contributed by atoms with Gasteiger partial charge in [0.25, 0.3) is 0 Å². The van der Waals surface area contributed by atoms with Crippen molar-refractivity contribution in [3.05, 3.63) is 52.5 Å². The number of aliphatic carboxylic acids is 1. The van der Waals surface area contributed by atoms with Gasteiger partial charge in [-0.05, 0) is 88.0 Å². The summed E-state index contributed by atoms with van der Waals surface area (Å²) in [4.78, 5) is 37.3. The largest absolute Gasteiger partial charge is 0.481 e. The number of hydrogen-bond acceptors (Lipinski definition) is 6. The van der Waals surface area contributed by atoms with Crippen LogP contribution in [0.3, 0.4) is 0 Å². The Labute approximate surface area is 263 Å². The van der Waals surface area contributed by atoms with Gasteiger partial charge in [-0.25, -0.2) is 9.78 Å². The Morgan fingerprint density at radius 2 is 1.61 bits per heavy atom. The van der Waals surface area contributed by atoms with E-state index in [1.165, 1.54) is 11.8 Å². The van der Waals surface area contributed by atoms with Crippen molar-refractivity contribution in [2.24, 2.45) is 11.8 Å². The van der Waals surface area contributed by atoms with Crippen LogP contribution in [0.4, 0.5) is 37.0 Å². The van der Waals surface area contributed by atoms with Crippen LogP contribution in [0.25, 0.3) is 0 Å². The van der Waals surface area contributed by atoms with Crippen molar-refractivity contribution in [3.8, 4) is 0 Å². The van der Waals surface area contributed by atoms with Crippen LogP contribution in [0.15, 0.2) is 24.4 Å². The van der Waals surface area contributed by atoms with Gasteiger partial charge in [0.1, 0.15) is 11.8 Å². The van der Waals surface area contributed by atoms with E-state index >= 15 is 0 Å². The minimum Gasteiger partial charge on any atom is -0.481 e. The van der Waals surface area contributed by atoms with Gasteiger partial charge < -0.3 is 14.7 Å². The third-order valence-corrected chi connectivity index (χ3v) is 9.60. The van der Waals surface area contributed by atoms with Gasteiger partial charge in [0, 0.05) is 25.4 Å². The van der Waals surface area contributed by atoms with Gasteiger partial charge in [0.2, 0.25) is 0 Å². The summed E-state index contributed by atoms with van der Waals surface area (Å²) in [6, 6.07) is 0.340. The number of amides is 1. The lowest BCUT2D eigenvalue weighted by molar-refractivity contribution is -0.143. The standard InChI is InChI=1S/C32H38F6N4O4/c1-3-41(16-20-9-7-19(8-10-20)11-27(43)44)29-26(40-25(15-39-29)21-5-4-6-21)17-42-18(2)28(46-30(42)45)22-12-23(31(33,34)35)14-24(13-22)32(36,37)38/h12-15,18-21,28H,3-11,16-17H2,1-2H3,(H,43,44)/t18-,19?,20?,28-/m0/s1. The number of halogens is 6. The number of carboxylic acid groups (broad SMARTS) is 1. The van der Waals surface area contributed by atoms with E-state index in [0.29, 0.717) is 42.7 Å². The quantitative estimate of drug-likeness (QED) is 0.259. The zero-order valence-corrected chi connectivity index (χ0v) is 25.7. The number of aromatic nitrogens is 2. The van der Waals surface area contributed by atoms with Crippen LogP contribution in [0.1, 0.15) is 105 Å². The van der Waals surface area contributed by atoms with Crippen LogP contribution in [-0.2, 0) is 28.4 Å². The van der Waals surface area contributed by atoms with Crippen LogP contribution in [0.5, 0.6) is 0 Å². The monoisotopic (exact) mass is 656 g/mol. The summed E-state index contributed by atoms with van der Waals surface area (Å²) in [5.41, 5.74) is -2.09. The first-order valence-corrected chi connectivity index (χ1v) is 15.7. The fraction of sp³-hybridized carbons (Fsp3) is 0.625. The van der Waals surface area contributed by atoms with E-state index in [9.17, 15) is 35.9 Å². The summed E-state index contributed by atoms with van der Waals surface area (Å²) in [5.74, 6) is 0.438. The fourth-order valence-corrected chi connectivity index (χ4v) is 6.71. The second-order valence-electron chi connectivity index (χ2n) is 12.7. The van der Waals surface area contributed by atoms with Gasteiger partial charge in [-0.3, -0.25) is 14.7 Å². The predicted molar refractivity (Wildman–Crippen MR) is 155 cm³/mol. The first-order chi connectivity index (χ1) is 21.6. The number of nitrogens with zero attached hydrogens (tertiary/aromatic N) is 4. The molecule has 2 heterocycles. The van der Waals surface area contributed by atoms with Crippen molar-refractivity contribution < 1.29 is 45.8 Å². The highest BCUT2D eigenvalue weighted by Gasteiger charge is 2.44. The van der Waals surface area contributed by atoms with Gasteiger partial charge in [0.15, 0.2) is 5.82 Å². The molecule has 0 bridgehead atoms. The summed E-state index contributed by atoms with van der Waals surface area (Å²) < 4.78 is 86.8. The third kappa shape index (κ3) is 7.52. The minimum absolute atomic E-state index is 0.0501. The van der Waals surface area contributed by atoms with Crippen LogP contribution < -0.4 is 4.90 Å². The van der Waals surface area contributed by atoms with E-state index in [4.69, 9.17) is 19.8 Å². The van der Waals surface area contributed by atoms with Gasteiger partial charge in [-0.2, -0.15) is 26.3 Å². The highest BCUT2D eigenvalue weighted by atomic mass is 19.4. The zero-order valence-electron chi connectivity index (χ0n) is 25.7. The van der Waals surface area contributed by atoms with E-state index in [1.807, 2.05) is 6.92 Å². The minimum atomic E-state index is -5.03. The molecular weight excluding hydrogens is 618 g/mol. The van der Waals surface area contributed by atoms with Crippen molar-refractivity contribution in [2.45, 2.75) is 102 Å². The van der Waals surface area contributed by atoms with Gasteiger partial charge in [-0.1, -0.05) is 6.42 Å². The lowest BCUT2D eigenvalue weighted by atomic mass is 9.80. The van der Waals surface area contributed by atoms with Crippen LogP contribution in [0.2, 0.25) is 0 Å². The summed E-state index contributed by atoms with van der Waals surface area (Å²) in [7, 11) is 0. The lowest BCUT2D eigenvalue weighted by Gasteiger charge is -2.34. The normalized spacial score (nSPS) is 24.1. The molecule has 252 valence electrons. The molecule has 1 aromatic carbocycles. The molecule has 1 amide bonds. The molecule has 14 heteroatoms. The Hall–Kier alpha value is -3.58. The average Bonchev–Trinajstić information content (AvgIpc) is 3.23. The molecule has 3 aliphatic rings. The molecule has 1 aromatic heterocycles. The smallest absolute Gasteiger partial charge is 0.416 e. The summed E-state index contributed by atoms with van der Waals surface area (Å²) >= 11 is 0. The van der Waals surface area contributed by atoms with Crippen LogP contribution in [0, 0.1) is 11.8 Å². The number of alkyl halides is 6. The highest BCUT2D eigenvalue weighted by Crippen LogP contribution is 2.42. The number of hydrogen-bond donors (Lipinski definition) is 1. The molecule has 2 aliphatic carbocycles. The fourth-order valence-electron chi connectivity index (χ4n) is 6.71. The zero-order chi connectivity index (χ0) is 33.4. The van der Waals surface area contributed by atoms with Crippen molar-refractivity contribution in [1.82, 2.24) is 14.9 Å².